The number of carbonyl (C=O) groups excluding carboxylic acids is 6. The SMILES string of the molecule is C[C@H](NC(=O)[C@H](C)NC(=O)[C@H](CC(N)=O)NC(=O)[C@H](CCCN=C(N)N)NC(=O)[C@@H]1CCCN1C(=O)c1ccccc1)C(=O)O. The second-order valence-electron chi connectivity index (χ2n) is 10.6. The summed E-state index contributed by atoms with van der Waals surface area (Å²) in [6.45, 7) is 2.97. The molecule has 1 heterocycles. The minimum atomic E-state index is -1.54. The van der Waals surface area contributed by atoms with Crippen LogP contribution >= 0.6 is 0 Å². The molecule has 0 unspecified atom stereocenters. The molecule has 1 aliphatic heterocycles. The maximum absolute atomic E-state index is 13.4. The monoisotopic (exact) mass is 631 g/mol. The first-order valence-electron chi connectivity index (χ1n) is 14.3. The number of hydrogen-bond donors (Lipinski definition) is 8. The fourth-order valence-electron chi connectivity index (χ4n) is 4.53. The number of likely N-dealkylation sites (tertiary alicyclic amines) is 1. The smallest absolute Gasteiger partial charge is 0.325 e. The predicted octanol–water partition coefficient (Wildman–Crippen LogP) is -2.72. The van der Waals surface area contributed by atoms with Gasteiger partial charge in [-0.1, -0.05) is 18.2 Å². The summed E-state index contributed by atoms with van der Waals surface area (Å²) in [5.74, 6) is -5.95. The number of nitrogens with one attached hydrogen (secondary N) is 4. The number of nitrogens with zero attached hydrogens (tertiary/aromatic N) is 2. The predicted molar refractivity (Wildman–Crippen MR) is 161 cm³/mol. The highest BCUT2D eigenvalue weighted by atomic mass is 16.4. The van der Waals surface area contributed by atoms with Crippen molar-refractivity contribution < 1.29 is 38.7 Å². The number of primary amides is 1. The van der Waals surface area contributed by atoms with Crippen LogP contribution in [0.5, 0.6) is 0 Å². The number of nitrogens with two attached hydrogens (primary N) is 3. The number of benzene rings is 1. The van der Waals surface area contributed by atoms with Crippen molar-refractivity contribution in [3.63, 3.8) is 0 Å². The molecule has 246 valence electrons. The molecule has 2 rings (SSSR count). The van der Waals surface area contributed by atoms with Crippen LogP contribution in [0, 0.1) is 0 Å². The van der Waals surface area contributed by atoms with E-state index in [0.29, 0.717) is 24.9 Å². The number of aliphatic carboxylic acids is 1. The van der Waals surface area contributed by atoms with Crippen molar-refractivity contribution >= 4 is 47.4 Å². The van der Waals surface area contributed by atoms with Crippen molar-refractivity contribution in [1.82, 2.24) is 26.2 Å². The molecule has 17 nitrogen and oxygen atoms in total. The van der Waals surface area contributed by atoms with Crippen LogP contribution in [0.25, 0.3) is 0 Å². The van der Waals surface area contributed by atoms with Crippen molar-refractivity contribution in [3.05, 3.63) is 35.9 Å². The largest absolute Gasteiger partial charge is 0.480 e. The molecule has 1 aliphatic rings. The zero-order valence-corrected chi connectivity index (χ0v) is 25.2. The van der Waals surface area contributed by atoms with Crippen molar-refractivity contribution in [2.45, 2.75) is 76.2 Å². The Morgan fingerprint density at radius 1 is 0.889 bits per heavy atom. The minimum Gasteiger partial charge on any atom is -0.480 e. The van der Waals surface area contributed by atoms with Gasteiger partial charge in [0, 0.05) is 18.7 Å². The molecule has 0 saturated carbocycles. The van der Waals surface area contributed by atoms with Gasteiger partial charge in [-0.25, -0.2) is 0 Å². The lowest BCUT2D eigenvalue weighted by Crippen LogP contribution is -2.58. The van der Waals surface area contributed by atoms with Gasteiger partial charge in [-0.05, 0) is 51.7 Å². The third kappa shape index (κ3) is 11.4. The molecule has 6 amide bonds. The van der Waals surface area contributed by atoms with Gasteiger partial charge in [0.05, 0.1) is 6.42 Å². The normalized spacial score (nSPS) is 16.7. The molecule has 0 aromatic heterocycles. The molecular weight excluding hydrogens is 590 g/mol. The summed E-state index contributed by atoms with van der Waals surface area (Å²) in [4.78, 5) is 93.3. The Morgan fingerprint density at radius 2 is 1.51 bits per heavy atom. The van der Waals surface area contributed by atoms with Gasteiger partial charge in [-0.15, -0.1) is 0 Å². The zero-order valence-electron chi connectivity index (χ0n) is 25.2. The highest BCUT2D eigenvalue weighted by Crippen LogP contribution is 2.21. The van der Waals surface area contributed by atoms with Crippen LogP contribution < -0.4 is 38.5 Å². The van der Waals surface area contributed by atoms with Gasteiger partial charge >= 0.3 is 5.97 Å². The van der Waals surface area contributed by atoms with Gasteiger partial charge in [0.15, 0.2) is 5.96 Å². The number of carboxylic acids is 1. The van der Waals surface area contributed by atoms with Crippen LogP contribution in [0.15, 0.2) is 35.3 Å². The molecule has 0 aliphatic carbocycles. The number of carboxylic acid groups (broad SMARTS) is 1. The Kier molecular flexibility index (Phi) is 13.7. The molecule has 0 spiro atoms. The Bertz CT molecular complexity index is 1290. The van der Waals surface area contributed by atoms with E-state index in [1.807, 2.05) is 0 Å². The van der Waals surface area contributed by atoms with E-state index in [1.54, 1.807) is 30.3 Å². The van der Waals surface area contributed by atoms with Crippen LogP contribution in [0.3, 0.4) is 0 Å². The molecule has 11 N–H and O–H groups in total. The Hall–Kier alpha value is -5.22. The lowest BCUT2D eigenvalue weighted by atomic mass is 10.1. The average molecular weight is 632 g/mol. The van der Waals surface area contributed by atoms with Gasteiger partial charge in [-0.2, -0.15) is 0 Å². The van der Waals surface area contributed by atoms with E-state index in [0.717, 1.165) is 0 Å². The van der Waals surface area contributed by atoms with E-state index in [1.165, 1.54) is 18.7 Å². The van der Waals surface area contributed by atoms with Gasteiger partial charge in [0.1, 0.15) is 30.2 Å². The van der Waals surface area contributed by atoms with Crippen LogP contribution in [-0.2, 0) is 28.8 Å². The fourth-order valence-corrected chi connectivity index (χ4v) is 4.53. The third-order valence-corrected chi connectivity index (χ3v) is 6.93. The van der Waals surface area contributed by atoms with Gasteiger partial charge in [-0.3, -0.25) is 38.6 Å². The highest BCUT2D eigenvalue weighted by molar-refractivity contribution is 6.00. The number of carbonyl (C=O) groups is 7. The maximum atomic E-state index is 13.4. The Labute approximate surface area is 259 Å². The summed E-state index contributed by atoms with van der Waals surface area (Å²) in [6, 6.07) is 2.34. The zero-order chi connectivity index (χ0) is 33.7. The summed E-state index contributed by atoms with van der Waals surface area (Å²) in [6.07, 6.45) is 0.535. The molecule has 1 saturated heterocycles. The first-order valence-corrected chi connectivity index (χ1v) is 14.3. The van der Waals surface area contributed by atoms with Crippen LogP contribution in [-0.4, -0.2) is 101 Å². The van der Waals surface area contributed by atoms with E-state index in [-0.39, 0.29) is 31.3 Å². The number of hydrogen-bond acceptors (Lipinski definition) is 8. The van der Waals surface area contributed by atoms with Crippen molar-refractivity contribution in [3.8, 4) is 0 Å². The second-order valence-corrected chi connectivity index (χ2v) is 10.6. The number of amides is 6. The van der Waals surface area contributed by atoms with Gasteiger partial charge in [0.2, 0.25) is 29.5 Å². The van der Waals surface area contributed by atoms with Crippen molar-refractivity contribution in [2.24, 2.45) is 22.2 Å². The summed E-state index contributed by atoms with van der Waals surface area (Å²) < 4.78 is 0. The number of rotatable bonds is 16. The lowest BCUT2D eigenvalue weighted by Gasteiger charge is -2.27. The molecular formula is C28H41N9O8. The van der Waals surface area contributed by atoms with Crippen LogP contribution in [0.1, 0.15) is 56.3 Å². The molecule has 45 heavy (non-hydrogen) atoms. The summed E-state index contributed by atoms with van der Waals surface area (Å²) >= 11 is 0. The van der Waals surface area contributed by atoms with E-state index >= 15 is 0 Å². The van der Waals surface area contributed by atoms with Crippen molar-refractivity contribution in [2.75, 3.05) is 13.1 Å². The highest BCUT2D eigenvalue weighted by Gasteiger charge is 2.37. The first kappa shape index (κ1) is 36.0. The molecule has 0 radical (unpaired) electrons. The fraction of sp³-hybridized carbons (Fsp3) is 0.500. The van der Waals surface area contributed by atoms with E-state index in [4.69, 9.17) is 22.3 Å². The third-order valence-electron chi connectivity index (χ3n) is 6.93. The maximum Gasteiger partial charge on any atom is 0.325 e. The first-order chi connectivity index (χ1) is 21.2. The molecule has 17 heteroatoms. The van der Waals surface area contributed by atoms with Crippen LogP contribution in [0.4, 0.5) is 0 Å². The van der Waals surface area contributed by atoms with E-state index < -0.39 is 72.1 Å². The Balaban J connectivity index is 2.19. The van der Waals surface area contributed by atoms with Gasteiger partial charge in [0.25, 0.3) is 5.91 Å². The second kappa shape index (κ2) is 17.2. The standard InChI is InChI=1S/C28H41N9O8/c1-15(22(39)34-16(2)27(44)45)33-24(41)19(14-21(29)38)36-23(40)18(10-6-12-32-28(30)31)35-25(42)20-11-7-13-37(20)26(43)17-8-4-3-5-9-17/h3-5,8-9,15-16,18-20H,6-7,10-14H2,1-2H3,(H2,29,38)(H,33,41)(H,34,39)(H,35,42)(H,36,40)(H,44,45)(H4,30,31,32)/t15-,16-,18-,19-,20-/m0/s1. The summed E-state index contributed by atoms with van der Waals surface area (Å²) in [7, 11) is 0. The minimum absolute atomic E-state index is 0.0184. The average Bonchev–Trinajstić information content (AvgIpc) is 3.48. The molecule has 0 bridgehead atoms. The lowest BCUT2D eigenvalue weighted by molar-refractivity contribution is -0.141. The van der Waals surface area contributed by atoms with Crippen molar-refractivity contribution in [1.29, 1.82) is 0 Å². The topological polar surface area (TPSA) is 282 Å². The quantitative estimate of drug-likeness (QED) is 0.0530. The molecule has 1 aromatic carbocycles. The number of guanidine groups is 1. The van der Waals surface area contributed by atoms with Crippen LogP contribution in [0.2, 0.25) is 0 Å². The molecule has 5 atom stereocenters. The summed E-state index contributed by atoms with van der Waals surface area (Å²) in [5, 5.41) is 18.5. The van der Waals surface area contributed by atoms with Gasteiger partial charge < -0.3 is 48.5 Å². The van der Waals surface area contributed by atoms with E-state index in [2.05, 4.69) is 26.3 Å². The van der Waals surface area contributed by atoms with E-state index in [9.17, 15) is 33.6 Å². The molecule has 1 aromatic rings. The summed E-state index contributed by atoms with van der Waals surface area (Å²) in [5.41, 5.74) is 16.4. The number of aliphatic imine (C=N–C) groups is 1. The molecule has 1 fully saturated rings. The Morgan fingerprint density at radius 3 is 2.11 bits per heavy atom.